The molecule has 0 N–H and O–H groups in total. The molecule has 3 heterocycles. The van der Waals surface area contributed by atoms with Gasteiger partial charge in [-0.1, -0.05) is 12.1 Å². The number of carbonyl (C=O) groups excluding carboxylic acids is 1. The highest BCUT2D eigenvalue weighted by atomic mass is 16.5. The maximum atomic E-state index is 12.8. The molecular weight excluding hydrogens is 352 g/mol. The number of piperazine rings is 1. The van der Waals surface area contributed by atoms with Gasteiger partial charge in [0.25, 0.3) is 5.91 Å². The number of para-hydroxylation sites is 1. The van der Waals surface area contributed by atoms with Crippen LogP contribution in [0.1, 0.15) is 15.9 Å². The van der Waals surface area contributed by atoms with Crippen molar-refractivity contribution in [1.82, 2.24) is 19.4 Å². The van der Waals surface area contributed by atoms with E-state index in [1.807, 2.05) is 48.5 Å². The van der Waals surface area contributed by atoms with E-state index in [4.69, 9.17) is 4.74 Å². The van der Waals surface area contributed by atoms with E-state index in [9.17, 15) is 4.79 Å². The van der Waals surface area contributed by atoms with Crippen LogP contribution in [-0.2, 0) is 13.5 Å². The van der Waals surface area contributed by atoms with Crippen molar-refractivity contribution in [2.75, 3.05) is 39.8 Å². The third kappa shape index (κ3) is 3.60. The summed E-state index contributed by atoms with van der Waals surface area (Å²) in [7, 11) is 3.65. The Balaban J connectivity index is 1.35. The molecule has 6 heteroatoms. The molecule has 0 atom stereocenters. The van der Waals surface area contributed by atoms with Gasteiger partial charge in [0, 0.05) is 57.6 Å². The minimum atomic E-state index is 0.0530. The van der Waals surface area contributed by atoms with Crippen LogP contribution in [0.5, 0.6) is 5.75 Å². The summed E-state index contributed by atoms with van der Waals surface area (Å²) in [5.74, 6) is 0.691. The maximum absolute atomic E-state index is 12.8. The Kier molecular flexibility index (Phi) is 5.30. The van der Waals surface area contributed by atoms with Gasteiger partial charge in [0.05, 0.1) is 12.7 Å². The number of hydrogen-bond acceptors (Lipinski definition) is 4. The predicted molar refractivity (Wildman–Crippen MR) is 110 cm³/mol. The number of fused-ring (bicyclic) bond motifs is 1. The van der Waals surface area contributed by atoms with E-state index >= 15 is 0 Å². The van der Waals surface area contributed by atoms with Crippen molar-refractivity contribution in [2.45, 2.75) is 6.42 Å². The molecule has 3 aromatic rings. The SMILES string of the molecule is COc1ccccc1C(=O)N1CCN(CCc2cn(C)c3ncccc23)CC1. The summed E-state index contributed by atoms with van der Waals surface area (Å²) in [4.78, 5) is 21.7. The summed E-state index contributed by atoms with van der Waals surface area (Å²) >= 11 is 0. The molecule has 1 aliphatic rings. The van der Waals surface area contributed by atoms with Crippen LogP contribution < -0.4 is 4.74 Å². The molecule has 146 valence electrons. The summed E-state index contributed by atoms with van der Waals surface area (Å²) < 4.78 is 7.43. The van der Waals surface area contributed by atoms with Gasteiger partial charge < -0.3 is 14.2 Å². The van der Waals surface area contributed by atoms with Crippen LogP contribution in [0.15, 0.2) is 48.8 Å². The normalized spacial score (nSPS) is 15.1. The highest BCUT2D eigenvalue weighted by Gasteiger charge is 2.24. The van der Waals surface area contributed by atoms with Gasteiger partial charge in [-0.3, -0.25) is 9.69 Å². The lowest BCUT2D eigenvalue weighted by molar-refractivity contribution is 0.0635. The van der Waals surface area contributed by atoms with Crippen LogP contribution >= 0.6 is 0 Å². The predicted octanol–water partition coefficient (Wildman–Crippen LogP) is 2.58. The molecule has 1 aromatic carbocycles. The average Bonchev–Trinajstić information content (AvgIpc) is 3.08. The van der Waals surface area contributed by atoms with Crippen molar-refractivity contribution in [3.63, 3.8) is 0 Å². The van der Waals surface area contributed by atoms with Gasteiger partial charge in [0.1, 0.15) is 11.4 Å². The maximum Gasteiger partial charge on any atom is 0.257 e. The second-order valence-corrected chi connectivity index (χ2v) is 7.22. The van der Waals surface area contributed by atoms with Crippen molar-refractivity contribution in [3.8, 4) is 5.75 Å². The van der Waals surface area contributed by atoms with E-state index in [2.05, 4.69) is 26.7 Å². The van der Waals surface area contributed by atoms with Crippen molar-refractivity contribution in [3.05, 3.63) is 59.9 Å². The number of carbonyl (C=O) groups is 1. The Morgan fingerprint density at radius 2 is 1.89 bits per heavy atom. The molecule has 0 spiro atoms. The standard InChI is InChI=1S/C22H26N4O2/c1-24-16-17(18-7-5-10-23-21(18)24)9-11-25-12-14-26(15-13-25)22(27)19-6-3-4-8-20(19)28-2/h3-8,10,16H,9,11-15H2,1-2H3. The molecule has 1 amide bonds. The molecule has 28 heavy (non-hydrogen) atoms. The summed E-state index contributed by atoms with van der Waals surface area (Å²) in [5, 5.41) is 1.23. The van der Waals surface area contributed by atoms with Crippen LogP contribution in [0, 0.1) is 0 Å². The van der Waals surface area contributed by atoms with Gasteiger partial charge in [-0.25, -0.2) is 4.98 Å². The quantitative estimate of drug-likeness (QED) is 0.685. The molecule has 1 fully saturated rings. The molecule has 1 saturated heterocycles. The van der Waals surface area contributed by atoms with Gasteiger partial charge >= 0.3 is 0 Å². The molecule has 6 nitrogen and oxygen atoms in total. The molecule has 4 rings (SSSR count). The van der Waals surface area contributed by atoms with E-state index in [1.165, 1.54) is 10.9 Å². The molecule has 0 saturated carbocycles. The van der Waals surface area contributed by atoms with Crippen LogP contribution in [0.4, 0.5) is 0 Å². The first-order valence-electron chi connectivity index (χ1n) is 9.71. The van der Waals surface area contributed by atoms with Crippen LogP contribution in [-0.4, -0.2) is 65.1 Å². The monoisotopic (exact) mass is 378 g/mol. The lowest BCUT2D eigenvalue weighted by Crippen LogP contribution is -2.49. The number of hydrogen-bond donors (Lipinski definition) is 0. The number of rotatable bonds is 5. The highest BCUT2D eigenvalue weighted by molar-refractivity contribution is 5.97. The molecule has 1 aliphatic heterocycles. The largest absolute Gasteiger partial charge is 0.496 e. The van der Waals surface area contributed by atoms with Gasteiger partial charge in [-0.15, -0.1) is 0 Å². The van der Waals surface area contributed by atoms with E-state index in [1.54, 1.807) is 7.11 Å². The van der Waals surface area contributed by atoms with Crippen LogP contribution in [0.2, 0.25) is 0 Å². The molecule has 0 unspecified atom stereocenters. The zero-order valence-electron chi connectivity index (χ0n) is 16.5. The number of aryl methyl sites for hydroxylation is 1. The summed E-state index contributed by atoms with van der Waals surface area (Å²) in [6, 6.07) is 11.6. The Morgan fingerprint density at radius 3 is 2.68 bits per heavy atom. The number of ether oxygens (including phenoxy) is 1. The second-order valence-electron chi connectivity index (χ2n) is 7.22. The minimum Gasteiger partial charge on any atom is -0.496 e. The molecule has 0 radical (unpaired) electrons. The van der Waals surface area contributed by atoms with Gasteiger partial charge in [0.15, 0.2) is 0 Å². The molecular formula is C22H26N4O2. The molecule has 0 bridgehead atoms. The number of pyridine rings is 1. The van der Waals surface area contributed by atoms with E-state index in [-0.39, 0.29) is 5.91 Å². The number of benzene rings is 1. The van der Waals surface area contributed by atoms with Gasteiger partial charge in [0.2, 0.25) is 0 Å². The number of aromatic nitrogens is 2. The minimum absolute atomic E-state index is 0.0530. The first-order chi connectivity index (χ1) is 13.7. The second kappa shape index (κ2) is 8.02. The lowest BCUT2D eigenvalue weighted by Gasteiger charge is -2.35. The Labute approximate surface area is 165 Å². The molecule has 2 aromatic heterocycles. The number of nitrogens with zero attached hydrogens (tertiary/aromatic N) is 4. The van der Waals surface area contributed by atoms with Gasteiger partial charge in [-0.05, 0) is 36.2 Å². The average molecular weight is 378 g/mol. The van der Waals surface area contributed by atoms with E-state index in [0.29, 0.717) is 11.3 Å². The Morgan fingerprint density at radius 1 is 1.11 bits per heavy atom. The van der Waals surface area contributed by atoms with Crippen molar-refractivity contribution >= 4 is 16.9 Å². The summed E-state index contributed by atoms with van der Waals surface area (Å²) in [6.07, 6.45) is 5.01. The first kappa shape index (κ1) is 18.5. The smallest absolute Gasteiger partial charge is 0.257 e. The highest BCUT2D eigenvalue weighted by Crippen LogP contribution is 2.21. The fourth-order valence-corrected chi connectivity index (χ4v) is 3.94. The summed E-state index contributed by atoms with van der Waals surface area (Å²) in [5.41, 5.74) is 3.00. The fraction of sp³-hybridized carbons (Fsp3) is 0.364. The topological polar surface area (TPSA) is 50.6 Å². The number of methoxy groups -OCH3 is 1. The van der Waals surface area contributed by atoms with Crippen molar-refractivity contribution in [1.29, 1.82) is 0 Å². The first-order valence-corrected chi connectivity index (χ1v) is 9.71. The third-order valence-corrected chi connectivity index (χ3v) is 5.51. The Hall–Kier alpha value is -2.86. The Bertz CT molecular complexity index is 974. The van der Waals surface area contributed by atoms with E-state index in [0.717, 1.165) is 44.8 Å². The third-order valence-electron chi connectivity index (χ3n) is 5.51. The molecule has 0 aliphatic carbocycles. The number of amides is 1. The van der Waals surface area contributed by atoms with Crippen molar-refractivity contribution in [2.24, 2.45) is 7.05 Å². The van der Waals surface area contributed by atoms with Crippen LogP contribution in [0.3, 0.4) is 0 Å². The zero-order chi connectivity index (χ0) is 19.5. The van der Waals surface area contributed by atoms with E-state index < -0.39 is 0 Å². The summed E-state index contributed by atoms with van der Waals surface area (Å²) in [6.45, 7) is 4.26. The fourth-order valence-electron chi connectivity index (χ4n) is 3.94. The zero-order valence-corrected chi connectivity index (χ0v) is 16.5. The van der Waals surface area contributed by atoms with Crippen LogP contribution in [0.25, 0.3) is 11.0 Å². The van der Waals surface area contributed by atoms with Crippen molar-refractivity contribution < 1.29 is 9.53 Å². The lowest BCUT2D eigenvalue weighted by atomic mass is 10.1. The van der Waals surface area contributed by atoms with Gasteiger partial charge in [-0.2, -0.15) is 0 Å².